The molecule has 0 unspecified atom stereocenters. The average molecular weight is 607 g/mol. The second kappa shape index (κ2) is 11.3. The first-order chi connectivity index (χ1) is 22.9. The predicted octanol–water partition coefficient (Wildman–Crippen LogP) is 12.7. The summed E-state index contributed by atoms with van der Waals surface area (Å²) in [6, 6.07) is 57.7. The molecule has 0 N–H and O–H groups in total. The zero-order chi connectivity index (χ0) is 32.1. The smallest absolute Gasteiger partial charge is 0.0540 e. The SMILES string of the molecule is Cc1ccc(N(c2ccc(C)cc2)c2ccc3c(c2)C(C)(C)c2cc(N(c4ccccc4)c4cccc5ccccc45)ccc2-3)cc1. The highest BCUT2D eigenvalue weighted by atomic mass is 15.1. The summed E-state index contributed by atoms with van der Waals surface area (Å²) in [4.78, 5) is 4.78. The van der Waals surface area contributed by atoms with Crippen molar-refractivity contribution in [2.75, 3.05) is 9.80 Å². The fourth-order valence-electron chi connectivity index (χ4n) is 7.23. The molecule has 1 aliphatic carbocycles. The fraction of sp³-hybridized carbons (Fsp3) is 0.111. The van der Waals surface area contributed by atoms with E-state index in [9.17, 15) is 0 Å². The Morgan fingerprint density at radius 1 is 0.404 bits per heavy atom. The maximum atomic E-state index is 2.42. The maximum Gasteiger partial charge on any atom is 0.0540 e. The highest BCUT2D eigenvalue weighted by molar-refractivity contribution is 5.99. The van der Waals surface area contributed by atoms with Crippen molar-refractivity contribution in [3.8, 4) is 11.1 Å². The van der Waals surface area contributed by atoms with Crippen LogP contribution >= 0.6 is 0 Å². The number of hydrogen-bond donors (Lipinski definition) is 0. The molecule has 0 amide bonds. The van der Waals surface area contributed by atoms with Gasteiger partial charge in [-0.15, -0.1) is 0 Å². The van der Waals surface area contributed by atoms with E-state index in [4.69, 9.17) is 0 Å². The Bertz CT molecular complexity index is 2180. The second-order valence-corrected chi connectivity index (χ2v) is 13.3. The van der Waals surface area contributed by atoms with Gasteiger partial charge in [-0.3, -0.25) is 0 Å². The van der Waals surface area contributed by atoms with E-state index in [1.165, 1.54) is 55.5 Å². The quantitative estimate of drug-likeness (QED) is 0.186. The molecule has 0 radical (unpaired) electrons. The normalized spacial score (nSPS) is 12.9. The summed E-state index contributed by atoms with van der Waals surface area (Å²) in [5, 5.41) is 2.47. The van der Waals surface area contributed by atoms with E-state index < -0.39 is 0 Å². The highest BCUT2D eigenvalue weighted by Gasteiger charge is 2.37. The van der Waals surface area contributed by atoms with Crippen molar-refractivity contribution in [1.82, 2.24) is 0 Å². The van der Waals surface area contributed by atoms with Crippen LogP contribution in [0.4, 0.5) is 34.1 Å². The van der Waals surface area contributed by atoms with Crippen LogP contribution in [0.15, 0.2) is 158 Å². The first-order valence-corrected chi connectivity index (χ1v) is 16.4. The average Bonchev–Trinajstić information content (AvgIpc) is 3.32. The summed E-state index contributed by atoms with van der Waals surface area (Å²) in [5.41, 5.74) is 14.6. The number of benzene rings is 7. The van der Waals surface area contributed by atoms with Crippen LogP contribution in [0.1, 0.15) is 36.1 Å². The lowest BCUT2D eigenvalue weighted by Gasteiger charge is -2.29. The van der Waals surface area contributed by atoms with Crippen LogP contribution in [0.2, 0.25) is 0 Å². The van der Waals surface area contributed by atoms with Crippen LogP contribution in [-0.4, -0.2) is 0 Å². The van der Waals surface area contributed by atoms with Crippen molar-refractivity contribution in [2.45, 2.75) is 33.1 Å². The van der Waals surface area contributed by atoms with Crippen LogP contribution in [0.3, 0.4) is 0 Å². The van der Waals surface area contributed by atoms with Gasteiger partial charge in [-0.2, -0.15) is 0 Å². The van der Waals surface area contributed by atoms with Gasteiger partial charge in [0.15, 0.2) is 0 Å². The van der Waals surface area contributed by atoms with Crippen molar-refractivity contribution in [1.29, 1.82) is 0 Å². The number of anilines is 6. The first-order valence-electron chi connectivity index (χ1n) is 16.4. The summed E-state index contributed by atoms with van der Waals surface area (Å²) >= 11 is 0. The Morgan fingerprint density at radius 2 is 0.872 bits per heavy atom. The number of para-hydroxylation sites is 1. The molecule has 0 saturated carbocycles. The summed E-state index contributed by atoms with van der Waals surface area (Å²) in [7, 11) is 0. The number of fused-ring (bicyclic) bond motifs is 4. The predicted molar refractivity (Wildman–Crippen MR) is 200 cm³/mol. The lowest BCUT2D eigenvalue weighted by molar-refractivity contribution is 0.660. The Balaban J connectivity index is 1.26. The third-order valence-corrected chi connectivity index (χ3v) is 9.77. The van der Waals surface area contributed by atoms with Gasteiger partial charge in [0.1, 0.15) is 0 Å². The van der Waals surface area contributed by atoms with Gasteiger partial charge in [0.05, 0.1) is 5.69 Å². The molecule has 7 aromatic carbocycles. The summed E-state index contributed by atoms with van der Waals surface area (Å²) in [6.07, 6.45) is 0. The maximum absolute atomic E-state index is 2.42. The van der Waals surface area contributed by atoms with E-state index in [-0.39, 0.29) is 5.41 Å². The van der Waals surface area contributed by atoms with E-state index in [0.717, 1.165) is 22.7 Å². The molecule has 8 rings (SSSR count). The number of hydrogen-bond acceptors (Lipinski definition) is 2. The molecule has 228 valence electrons. The number of rotatable bonds is 6. The lowest BCUT2D eigenvalue weighted by Crippen LogP contribution is -2.17. The third-order valence-electron chi connectivity index (χ3n) is 9.77. The number of nitrogens with zero attached hydrogens (tertiary/aromatic N) is 2. The zero-order valence-electron chi connectivity index (χ0n) is 27.4. The monoisotopic (exact) mass is 606 g/mol. The molecule has 0 saturated heterocycles. The summed E-state index contributed by atoms with van der Waals surface area (Å²) < 4.78 is 0. The number of aryl methyl sites for hydroxylation is 2. The van der Waals surface area contributed by atoms with E-state index in [1.807, 2.05) is 0 Å². The molecule has 0 bridgehead atoms. The van der Waals surface area contributed by atoms with E-state index in [1.54, 1.807) is 0 Å². The van der Waals surface area contributed by atoms with Crippen LogP contribution in [0.5, 0.6) is 0 Å². The topological polar surface area (TPSA) is 6.48 Å². The molecular formula is C45H38N2. The minimum atomic E-state index is -0.190. The Morgan fingerprint density at radius 3 is 1.47 bits per heavy atom. The third kappa shape index (κ3) is 4.98. The van der Waals surface area contributed by atoms with Gasteiger partial charge in [0, 0.05) is 39.2 Å². The van der Waals surface area contributed by atoms with Gasteiger partial charge in [-0.1, -0.05) is 116 Å². The molecule has 0 fully saturated rings. The van der Waals surface area contributed by atoms with Crippen molar-refractivity contribution >= 4 is 44.9 Å². The van der Waals surface area contributed by atoms with Crippen molar-refractivity contribution < 1.29 is 0 Å². The molecule has 7 aromatic rings. The highest BCUT2D eigenvalue weighted by Crippen LogP contribution is 2.52. The van der Waals surface area contributed by atoms with Crippen molar-refractivity contribution in [3.63, 3.8) is 0 Å². The Labute approximate surface area is 278 Å². The molecule has 0 spiro atoms. The van der Waals surface area contributed by atoms with Crippen molar-refractivity contribution in [2.24, 2.45) is 0 Å². The van der Waals surface area contributed by atoms with Crippen LogP contribution in [-0.2, 0) is 5.41 Å². The molecule has 0 heterocycles. The van der Waals surface area contributed by atoms with Crippen LogP contribution in [0.25, 0.3) is 21.9 Å². The summed E-state index contributed by atoms with van der Waals surface area (Å²) in [5.74, 6) is 0. The van der Waals surface area contributed by atoms with Gasteiger partial charge in [-0.05, 0) is 108 Å². The first kappa shape index (κ1) is 28.8. The van der Waals surface area contributed by atoms with E-state index in [0.29, 0.717) is 0 Å². The summed E-state index contributed by atoms with van der Waals surface area (Å²) in [6.45, 7) is 9.03. The van der Waals surface area contributed by atoms with E-state index in [2.05, 4.69) is 195 Å². The van der Waals surface area contributed by atoms with Gasteiger partial charge in [-0.25, -0.2) is 0 Å². The molecule has 0 aliphatic heterocycles. The fourth-order valence-corrected chi connectivity index (χ4v) is 7.23. The second-order valence-electron chi connectivity index (χ2n) is 13.3. The molecular weight excluding hydrogens is 569 g/mol. The molecule has 2 nitrogen and oxygen atoms in total. The molecule has 1 aliphatic rings. The standard InChI is InChI=1S/C45H38N2/c1-31-17-21-35(22-18-31)46(36-23-19-32(2)20-24-36)37-25-27-40-41-28-26-38(30-43(41)45(3,4)42(40)29-37)47(34-13-6-5-7-14-34)44-16-10-12-33-11-8-9-15-39(33)44/h5-30H,1-4H3. The van der Waals surface area contributed by atoms with Crippen LogP contribution in [0, 0.1) is 13.8 Å². The minimum absolute atomic E-state index is 0.190. The Kier molecular flexibility index (Phi) is 6.95. The molecule has 0 atom stereocenters. The van der Waals surface area contributed by atoms with Gasteiger partial charge in [0.25, 0.3) is 0 Å². The largest absolute Gasteiger partial charge is 0.310 e. The van der Waals surface area contributed by atoms with E-state index >= 15 is 0 Å². The van der Waals surface area contributed by atoms with Gasteiger partial charge in [0.2, 0.25) is 0 Å². The van der Waals surface area contributed by atoms with Gasteiger partial charge < -0.3 is 9.80 Å². The van der Waals surface area contributed by atoms with Crippen molar-refractivity contribution in [3.05, 3.63) is 180 Å². The lowest BCUT2D eigenvalue weighted by atomic mass is 9.82. The molecule has 2 heteroatoms. The Hall–Kier alpha value is -5.60. The van der Waals surface area contributed by atoms with Crippen LogP contribution < -0.4 is 9.80 Å². The zero-order valence-corrected chi connectivity index (χ0v) is 27.4. The molecule has 47 heavy (non-hydrogen) atoms. The van der Waals surface area contributed by atoms with Gasteiger partial charge >= 0.3 is 0 Å². The minimum Gasteiger partial charge on any atom is -0.310 e. The molecule has 0 aromatic heterocycles.